The molecule has 0 amide bonds. The number of hydrogen-bond acceptors (Lipinski definition) is 4. The van der Waals surface area contributed by atoms with Crippen LogP contribution in [0.4, 0.5) is 0 Å². The predicted octanol–water partition coefficient (Wildman–Crippen LogP) is 3.12. The Hall–Kier alpha value is -1.43. The Morgan fingerprint density at radius 1 is 1.00 bits per heavy atom. The maximum Gasteiger partial charge on any atom is 0.297 e. The van der Waals surface area contributed by atoms with Crippen LogP contribution in [0.5, 0.6) is 0 Å². The third-order valence-electron chi connectivity index (χ3n) is 2.34. The lowest BCUT2D eigenvalue weighted by atomic mass is 10.1. The lowest BCUT2D eigenvalue weighted by Gasteiger charge is -2.10. The molecule has 2 aromatic carbocycles. The number of benzene rings is 2. The molecule has 2 rings (SSSR count). The summed E-state index contributed by atoms with van der Waals surface area (Å²) < 4.78 is 29.1. The first-order chi connectivity index (χ1) is 8.00. The van der Waals surface area contributed by atoms with Crippen LogP contribution in [0.25, 0.3) is 10.8 Å². The molecule has 0 saturated heterocycles. The Kier molecular flexibility index (Phi) is 4.45. The largest absolute Gasteiger partial charge is 0.344 e. The molecule has 0 aliphatic heterocycles. The van der Waals surface area contributed by atoms with Gasteiger partial charge in [0.05, 0.1) is 6.10 Å². The zero-order chi connectivity index (χ0) is 12.5. The fourth-order valence-corrected chi connectivity index (χ4v) is 3.03. The Morgan fingerprint density at radius 3 is 2.28 bits per heavy atom. The average Bonchev–Trinajstić information content (AvgIpc) is 2.26. The van der Waals surface area contributed by atoms with Crippen LogP contribution in [0.3, 0.4) is 0 Å². The molecule has 0 atom stereocenters. The highest BCUT2D eigenvalue weighted by atomic mass is 32.2. The molecule has 5 heteroatoms. The van der Waals surface area contributed by atoms with Gasteiger partial charge >= 0.3 is 0 Å². The van der Waals surface area contributed by atoms with Crippen LogP contribution in [0, 0.1) is 0 Å². The fourth-order valence-electron chi connectivity index (χ4n) is 1.72. The third kappa shape index (κ3) is 2.87. The van der Waals surface area contributed by atoms with Crippen molar-refractivity contribution in [1.82, 2.24) is 6.15 Å². The van der Waals surface area contributed by atoms with E-state index in [1.54, 1.807) is 32.0 Å². The Bertz CT molecular complexity index is 630. The van der Waals surface area contributed by atoms with Crippen molar-refractivity contribution in [2.24, 2.45) is 0 Å². The standard InChI is InChI=1S/C13H14O3S.H3N/c1-10(2)16-17(14,15)13-9-5-7-11-6-3-4-8-12(11)13;/h3-10H,1-2H3;1H3. The molecule has 0 bridgehead atoms. The number of hydrogen-bond donors (Lipinski definition) is 1. The molecule has 0 heterocycles. The molecule has 98 valence electrons. The van der Waals surface area contributed by atoms with E-state index in [1.165, 1.54) is 0 Å². The fraction of sp³-hybridized carbons (Fsp3) is 0.231. The van der Waals surface area contributed by atoms with Crippen molar-refractivity contribution >= 4 is 20.9 Å². The van der Waals surface area contributed by atoms with Crippen molar-refractivity contribution in [2.75, 3.05) is 0 Å². The summed E-state index contributed by atoms with van der Waals surface area (Å²) in [5.41, 5.74) is 0. The van der Waals surface area contributed by atoms with E-state index in [2.05, 4.69) is 0 Å². The number of fused-ring (bicyclic) bond motifs is 1. The Balaban J connectivity index is 0.00000162. The van der Waals surface area contributed by atoms with Crippen molar-refractivity contribution in [1.29, 1.82) is 0 Å². The zero-order valence-electron chi connectivity index (χ0n) is 10.5. The number of rotatable bonds is 3. The molecule has 0 saturated carbocycles. The van der Waals surface area contributed by atoms with Gasteiger partial charge in [0.15, 0.2) is 0 Å². The molecule has 0 aliphatic rings. The highest BCUT2D eigenvalue weighted by Gasteiger charge is 2.19. The van der Waals surface area contributed by atoms with Gasteiger partial charge in [0.25, 0.3) is 10.1 Å². The van der Waals surface area contributed by atoms with Crippen molar-refractivity contribution in [3.05, 3.63) is 42.5 Å². The van der Waals surface area contributed by atoms with Gasteiger partial charge in [-0.25, -0.2) is 0 Å². The first-order valence-corrected chi connectivity index (χ1v) is 6.82. The van der Waals surface area contributed by atoms with Gasteiger partial charge in [-0.15, -0.1) is 0 Å². The van der Waals surface area contributed by atoms with Crippen molar-refractivity contribution in [3.8, 4) is 0 Å². The van der Waals surface area contributed by atoms with E-state index in [-0.39, 0.29) is 17.1 Å². The van der Waals surface area contributed by atoms with Crippen LogP contribution in [0.2, 0.25) is 0 Å². The molecular weight excluding hydrogens is 250 g/mol. The molecule has 0 unspecified atom stereocenters. The summed E-state index contributed by atoms with van der Waals surface area (Å²) in [4.78, 5) is 0.226. The van der Waals surface area contributed by atoms with E-state index < -0.39 is 10.1 Å². The highest BCUT2D eigenvalue weighted by Crippen LogP contribution is 2.24. The van der Waals surface area contributed by atoms with E-state index in [0.29, 0.717) is 5.39 Å². The molecule has 2 aromatic rings. The molecule has 18 heavy (non-hydrogen) atoms. The summed E-state index contributed by atoms with van der Waals surface area (Å²) in [5, 5.41) is 1.58. The third-order valence-corrected chi connectivity index (χ3v) is 3.87. The Morgan fingerprint density at radius 2 is 1.61 bits per heavy atom. The molecule has 0 radical (unpaired) electrons. The van der Waals surface area contributed by atoms with Crippen molar-refractivity contribution < 1.29 is 12.6 Å². The van der Waals surface area contributed by atoms with E-state index >= 15 is 0 Å². The van der Waals surface area contributed by atoms with Gasteiger partial charge in [0.1, 0.15) is 4.90 Å². The molecule has 3 N–H and O–H groups in total. The summed E-state index contributed by atoms with van der Waals surface area (Å²) in [5.74, 6) is 0. The second kappa shape index (κ2) is 5.48. The molecular formula is C13H17NO3S. The van der Waals surface area contributed by atoms with Crippen molar-refractivity contribution in [2.45, 2.75) is 24.8 Å². The van der Waals surface area contributed by atoms with Crippen LogP contribution in [0.15, 0.2) is 47.4 Å². The van der Waals surface area contributed by atoms with Crippen LogP contribution >= 0.6 is 0 Å². The van der Waals surface area contributed by atoms with E-state index in [0.717, 1.165) is 5.39 Å². The van der Waals surface area contributed by atoms with Crippen LogP contribution in [0.1, 0.15) is 13.8 Å². The smallest absolute Gasteiger partial charge is 0.297 e. The lowest BCUT2D eigenvalue weighted by Crippen LogP contribution is -2.12. The van der Waals surface area contributed by atoms with Crippen LogP contribution < -0.4 is 6.15 Å². The lowest BCUT2D eigenvalue weighted by molar-refractivity contribution is 0.249. The highest BCUT2D eigenvalue weighted by molar-refractivity contribution is 7.87. The second-order valence-corrected chi connectivity index (χ2v) is 5.62. The van der Waals surface area contributed by atoms with Crippen LogP contribution in [-0.4, -0.2) is 14.5 Å². The first-order valence-electron chi connectivity index (χ1n) is 5.42. The minimum atomic E-state index is -3.69. The minimum absolute atomic E-state index is 0. The summed E-state index contributed by atoms with van der Waals surface area (Å²) in [6.45, 7) is 3.39. The second-order valence-electron chi connectivity index (χ2n) is 4.08. The quantitative estimate of drug-likeness (QED) is 0.867. The summed E-state index contributed by atoms with van der Waals surface area (Å²) in [6, 6.07) is 12.5. The normalized spacial score (nSPS) is 11.5. The van der Waals surface area contributed by atoms with Gasteiger partial charge in [0, 0.05) is 5.39 Å². The van der Waals surface area contributed by atoms with Gasteiger partial charge in [-0.05, 0) is 25.3 Å². The summed E-state index contributed by atoms with van der Waals surface area (Å²) in [7, 11) is -3.69. The van der Waals surface area contributed by atoms with E-state index in [1.807, 2.05) is 24.3 Å². The molecule has 4 nitrogen and oxygen atoms in total. The Labute approximate surface area is 107 Å². The minimum Gasteiger partial charge on any atom is -0.344 e. The molecule has 0 aliphatic carbocycles. The molecule has 0 spiro atoms. The predicted molar refractivity (Wildman–Crippen MR) is 72.4 cm³/mol. The van der Waals surface area contributed by atoms with Gasteiger partial charge < -0.3 is 6.15 Å². The van der Waals surface area contributed by atoms with Gasteiger partial charge in [-0.2, -0.15) is 8.42 Å². The van der Waals surface area contributed by atoms with Crippen LogP contribution in [-0.2, 0) is 14.3 Å². The maximum absolute atomic E-state index is 12.0. The van der Waals surface area contributed by atoms with Gasteiger partial charge in [-0.1, -0.05) is 36.4 Å². The summed E-state index contributed by atoms with van der Waals surface area (Å²) in [6.07, 6.45) is -0.362. The van der Waals surface area contributed by atoms with Gasteiger partial charge in [-0.3, -0.25) is 4.18 Å². The maximum atomic E-state index is 12.0. The van der Waals surface area contributed by atoms with Crippen molar-refractivity contribution in [3.63, 3.8) is 0 Å². The first kappa shape index (κ1) is 14.6. The van der Waals surface area contributed by atoms with E-state index in [4.69, 9.17) is 4.18 Å². The van der Waals surface area contributed by atoms with Gasteiger partial charge in [0.2, 0.25) is 0 Å². The average molecular weight is 267 g/mol. The monoisotopic (exact) mass is 267 g/mol. The SMILES string of the molecule is CC(C)OS(=O)(=O)c1cccc2ccccc12.N. The zero-order valence-corrected chi connectivity index (χ0v) is 11.3. The molecule has 0 aromatic heterocycles. The topological polar surface area (TPSA) is 78.4 Å². The van der Waals surface area contributed by atoms with E-state index in [9.17, 15) is 8.42 Å². The summed E-state index contributed by atoms with van der Waals surface area (Å²) >= 11 is 0. The molecule has 0 fully saturated rings.